The van der Waals surface area contributed by atoms with E-state index in [9.17, 15) is 18.0 Å². The van der Waals surface area contributed by atoms with Crippen LogP contribution in [-0.2, 0) is 21.4 Å². The van der Waals surface area contributed by atoms with E-state index in [0.29, 0.717) is 30.4 Å². The molecule has 0 N–H and O–H groups in total. The van der Waals surface area contributed by atoms with Crippen LogP contribution in [0.15, 0.2) is 32.3 Å². The number of carbonyl (C=O) groups is 1. The molecule has 2 fully saturated rings. The van der Waals surface area contributed by atoms with Gasteiger partial charge in [0.25, 0.3) is 0 Å². The molecule has 0 unspecified atom stereocenters. The molecule has 9 heteroatoms. The van der Waals surface area contributed by atoms with E-state index in [0.717, 1.165) is 25.7 Å². The van der Waals surface area contributed by atoms with Crippen LogP contribution in [0.1, 0.15) is 53.4 Å². The second-order valence-corrected chi connectivity index (χ2v) is 11.7. The van der Waals surface area contributed by atoms with Crippen LogP contribution in [0.2, 0.25) is 0 Å². The predicted molar refractivity (Wildman–Crippen MR) is 122 cm³/mol. The van der Waals surface area contributed by atoms with Gasteiger partial charge in [-0.2, -0.15) is 4.31 Å². The van der Waals surface area contributed by atoms with Crippen LogP contribution in [0.5, 0.6) is 0 Å². The van der Waals surface area contributed by atoms with E-state index < -0.39 is 15.8 Å². The number of rotatable bonds is 4. The number of oxazole rings is 1. The van der Waals surface area contributed by atoms with Crippen molar-refractivity contribution in [1.29, 1.82) is 0 Å². The second kappa shape index (κ2) is 8.67. The second-order valence-electron chi connectivity index (χ2n) is 9.78. The molecule has 176 valence electrons. The van der Waals surface area contributed by atoms with E-state index in [1.807, 2.05) is 18.7 Å². The van der Waals surface area contributed by atoms with Gasteiger partial charge in [-0.3, -0.25) is 9.36 Å². The van der Waals surface area contributed by atoms with E-state index >= 15 is 0 Å². The minimum Gasteiger partial charge on any atom is -0.408 e. The van der Waals surface area contributed by atoms with E-state index in [2.05, 4.69) is 13.8 Å². The fraction of sp³-hybridized carbons (Fsp3) is 0.652. The third-order valence-corrected chi connectivity index (χ3v) is 8.72. The van der Waals surface area contributed by atoms with Crippen molar-refractivity contribution < 1.29 is 17.6 Å². The standard InChI is InChI=1S/C23H33N3O5S/c1-15-10-16(2)13-24(12-15)32(29,30)19-8-9-20-21(11-19)31-23(28)25(20)14-22(27)26-17(3)6-5-7-18(26)4/h8-9,11,15-18H,5-7,10,12-14H2,1-4H3/t15-,16-,17+,18+/m1/s1. The lowest BCUT2D eigenvalue weighted by atomic mass is 9.94. The van der Waals surface area contributed by atoms with Crippen LogP contribution < -0.4 is 5.76 Å². The zero-order valence-electron chi connectivity index (χ0n) is 19.3. The number of hydrogen-bond donors (Lipinski definition) is 0. The molecule has 2 aliphatic heterocycles. The molecule has 1 aromatic heterocycles. The maximum Gasteiger partial charge on any atom is 0.420 e. The number of nitrogens with zero attached hydrogens (tertiary/aromatic N) is 3. The van der Waals surface area contributed by atoms with Gasteiger partial charge in [0.05, 0.1) is 10.4 Å². The van der Waals surface area contributed by atoms with Crippen molar-refractivity contribution in [3.05, 3.63) is 28.7 Å². The Morgan fingerprint density at radius 1 is 1.06 bits per heavy atom. The third kappa shape index (κ3) is 4.24. The molecule has 0 bridgehead atoms. The Balaban J connectivity index is 1.62. The molecule has 32 heavy (non-hydrogen) atoms. The molecular weight excluding hydrogens is 430 g/mol. The van der Waals surface area contributed by atoms with Crippen LogP contribution in [-0.4, -0.2) is 53.3 Å². The number of fused-ring (bicyclic) bond motifs is 1. The first-order valence-electron chi connectivity index (χ1n) is 11.5. The monoisotopic (exact) mass is 463 g/mol. The van der Waals surface area contributed by atoms with Crippen molar-refractivity contribution in [2.45, 2.75) is 76.9 Å². The minimum atomic E-state index is -3.69. The molecular formula is C23H33N3O5S. The Morgan fingerprint density at radius 3 is 2.31 bits per heavy atom. The van der Waals surface area contributed by atoms with Gasteiger partial charge in [0.1, 0.15) is 6.54 Å². The smallest absolute Gasteiger partial charge is 0.408 e. The molecule has 1 amide bonds. The number of likely N-dealkylation sites (tertiary alicyclic amines) is 1. The molecule has 3 heterocycles. The first-order valence-corrected chi connectivity index (χ1v) is 13.0. The Hall–Kier alpha value is -2.13. The van der Waals surface area contributed by atoms with Crippen LogP contribution in [0.3, 0.4) is 0 Å². The van der Waals surface area contributed by atoms with Gasteiger partial charge >= 0.3 is 5.76 Å². The van der Waals surface area contributed by atoms with Crippen molar-refractivity contribution >= 4 is 27.0 Å². The van der Waals surface area contributed by atoms with Crippen molar-refractivity contribution in [2.75, 3.05) is 13.1 Å². The van der Waals surface area contributed by atoms with E-state index in [-0.39, 0.29) is 35.0 Å². The summed E-state index contributed by atoms with van der Waals surface area (Å²) in [4.78, 5) is 27.5. The van der Waals surface area contributed by atoms with Crippen molar-refractivity contribution in [2.24, 2.45) is 11.8 Å². The number of sulfonamides is 1. The van der Waals surface area contributed by atoms with Gasteiger partial charge in [0, 0.05) is 31.2 Å². The normalized spacial score (nSPS) is 27.7. The Morgan fingerprint density at radius 2 is 1.69 bits per heavy atom. The summed E-state index contributed by atoms with van der Waals surface area (Å²) in [5.41, 5.74) is 0.613. The topological polar surface area (TPSA) is 92.8 Å². The van der Waals surface area contributed by atoms with Gasteiger partial charge in [0.15, 0.2) is 5.58 Å². The van der Waals surface area contributed by atoms with Gasteiger partial charge < -0.3 is 9.32 Å². The zero-order valence-corrected chi connectivity index (χ0v) is 20.1. The van der Waals surface area contributed by atoms with Crippen molar-refractivity contribution in [1.82, 2.24) is 13.8 Å². The Kier molecular flexibility index (Phi) is 6.24. The molecule has 4 atom stereocenters. The van der Waals surface area contributed by atoms with Gasteiger partial charge in [-0.25, -0.2) is 13.2 Å². The first-order chi connectivity index (χ1) is 15.1. The fourth-order valence-corrected chi connectivity index (χ4v) is 7.13. The van der Waals surface area contributed by atoms with Crippen LogP contribution in [0.25, 0.3) is 11.1 Å². The van der Waals surface area contributed by atoms with E-state index in [4.69, 9.17) is 4.42 Å². The number of hydrogen-bond acceptors (Lipinski definition) is 5. The highest BCUT2D eigenvalue weighted by Crippen LogP contribution is 2.28. The average molecular weight is 464 g/mol. The summed E-state index contributed by atoms with van der Waals surface area (Å²) in [6.07, 6.45) is 4.00. The lowest BCUT2D eigenvalue weighted by Crippen LogP contribution is -2.49. The number of benzene rings is 1. The summed E-state index contributed by atoms with van der Waals surface area (Å²) >= 11 is 0. The molecule has 2 aliphatic rings. The maximum absolute atomic E-state index is 13.2. The highest BCUT2D eigenvalue weighted by Gasteiger charge is 2.33. The molecule has 1 aromatic carbocycles. The molecule has 2 saturated heterocycles. The Bertz CT molecular complexity index is 1150. The molecule has 2 aromatic rings. The van der Waals surface area contributed by atoms with Gasteiger partial charge in [-0.1, -0.05) is 13.8 Å². The number of carbonyl (C=O) groups excluding carboxylic acids is 1. The minimum absolute atomic E-state index is 0.108. The summed E-state index contributed by atoms with van der Waals surface area (Å²) in [6.45, 7) is 9.02. The Labute approximate surface area is 189 Å². The molecule has 4 rings (SSSR count). The molecule has 8 nitrogen and oxygen atoms in total. The first kappa shape index (κ1) is 23.0. The largest absolute Gasteiger partial charge is 0.420 e. The number of piperidine rings is 2. The molecule has 0 radical (unpaired) electrons. The zero-order chi connectivity index (χ0) is 23.2. The fourth-order valence-electron chi connectivity index (χ4n) is 5.44. The summed E-state index contributed by atoms with van der Waals surface area (Å²) in [7, 11) is -3.69. The van der Waals surface area contributed by atoms with Crippen LogP contribution in [0, 0.1) is 11.8 Å². The lowest BCUT2D eigenvalue weighted by molar-refractivity contribution is -0.137. The lowest BCUT2D eigenvalue weighted by Gasteiger charge is -2.39. The van der Waals surface area contributed by atoms with Crippen LogP contribution >= 0.6 is 0 Å². The van der Waals surface area contributed by atoms with E-state index in [1.54, 1.807) is 6.07 Å². The third-order valence-electron chi connectivity index (χ3n) is 6.89. The highest BCUT2D eigenvalue weighted by molar-refractivity contribution is 7.89. The SMILES string of the molecule is C[C@@H]1C[C@@H](C)CN(S(=O)(=O)c2ccc3c(c2)oc(=O)n3CC(=O)N2[C@@H](C)CCC[C@@H]2C)C1. The number of aromatic nitrogens is 1. The van der Waals surface area contributed by atoms with Crippen molar-refractivity contribution in [3.63, 3.8) is 0 Å². The average Bonchev–Trinajstić information content (AvgIpc) is 3.01. The van der Waals surface area contributed by atoms with E-state index in [1.165, 1.54) is 21.0 Å². The molecule has 0 saturated carbocycles. The van der Waals surface area contributed by atoms with Crippen molar-refractivity contribution in [3.8, 4) is 0 Å². The summed E-state index contributed by atoms with van der Waals surface area (Å²) in [5, 5.41) is 0. The quantitative estimate of drug-likeness (QED) is 0.695. The molecule has 0 spiro atoms. The van der Waals surface area contributed by atoms with Crippen LogP contribution in [0.4, 0.5) is 0 Å². The number of amides is 1. The predicted octanol–water partition coefficient (Wildman–Crippen LogP) is 3.05. The van der Waals surface area contributed by atoms with Gasteiger partial charge in [-0.15, -0.1) is 0 Å². The van der Waals surface area contributed by atoms with Gasteiger partial charge in [0.2, 0.25) is 15.9 Å². The summed E-state index contributed by atoms with van der Waals surface area (Å²) in [6, 6.07) is 4.74. The summed E-state index contributed by atoms with van der Waals surface area (Å²) in [5.74, 6) is -0.188. The highest BCUT2D eigenvalue weighted by atomic mass is 32.2. The molecule has 0 aliphatic carbocycles. The summed E-state index contributed by atoms with van der Waals surface area (Å²) < 4.78 is 34.6. The maximum atomic E-state index is 13.2. The van der Waals surface area contributed by atoms with Gasteiger partial charge in [-0.05, 0) is 63.5 Å².